The molecule has 1 amide bonds. The first-order valence-electron chi connectivity index (χ1n) is 10.8. The number of sulfone groups is 1. The maximum Gasteiger partial charge on any atom is 0.375 e. The van der Waals surface area contributed by atoms with Gasteiger partial charge in [0, 0.05) is 38.3 Å². The Morgan fingerprint density at radius 2 is 1.95 bits per heavy atom. The number of nitro groups is 1. The smallest absolute Gasteiger partial charge is 0.375 e. The molecule has 3 aromatic rings. The van der Waals surface area contributed by atoms with Crippen LogP contribution in [0.25, 0.3) is 11.4 Å². The number of aliphatic imine (C=N–C) groups is 1. The van der Waals surface area contributed by atoms with Gasteiger partial charge in [-0.2, -0.15) is 9.97 Å². The molecule has 3 N–H and O–H groups in total. The molecule has 1 aromatic carbocycles. The van der Waals surface area contributed by atoms with Crippen molar-refractivity contribution >= 4 is 50.0 Å². The molecule has 1 unspecified atom stereocenters. The van der Waals surface area contributed by atoms with Crippen LogP contribution in [-0.4, -0.2) is 95.7 Å². The molecule has 0 fully saturated rings. The van der Waals surface area contributed by atoms with E-state index in [4.69, 9.17) is 9.29 Å². The van der Waals surface area contributed by atoms with E-state index in [1.807, 2.05) is 0 Å². The summed E-state index contributed by atoms with van der Waals surface area (Å²) in [5.41, 5.74) is -1.33. The molecule has 0 aliphatic heterocycles. The molecule has 0 radical (unpaired) electrons. The highest BCUT2D eigenvalue weighted by Gasteiger charge is 2.31. The number of imidazole rings is 1. The zero-order valence-electron chi connectivity index (χ0n) is 21.0. The number of carbonyl (C=O) groups is 2. The van der Waals surface area contributed by atoms with Crippen LogP contribution >= 0.6 is 0 Å². The molecule has 1 atom stereocenters. The molecule has 2 aromatic heterocycles. The van der Waals surface area contributed by atoms with Gasteiger partial charge in [-0.05, 0) is 23.8 Å². The number of nitrogens with zero attached hydrogens (tertiary/aromatic N) is 6. The van der Waals surface area contributed by atoms with E-state index in [0.29, 0.717) is 23.2 Å². The zero-order chi connectivity index (χ0) is 29.8. The van der Waals surface area contributed by atoms with Gasteiger partial charge in [0.25, 0.3) is 5.16 Å². The maximum atomic E-state index is 12.3. The molecule has 0 spiro atoms. The summed E-state index contributed by atoms with van der Waals surface area (Å²) >= 11 is -2.71. The largest absolute Gasteiger partial charge is 0.477 e. The van der Waals surface area contributed by atoms with Crippen LogP contribution < -0.4 is 4.74 Å². The van der Waals surface area contributed by atoms with Gasteiger partial charge in [-0.3, -0.25) is 14.9 Å². The highest BCUT2D eigenvalue weighted by Crippen LogP contribution is 2.38. The number of carbonyl (C=O) groups excluding carboxylic acids is 1. The molecule has 2 heterocycles. The first-order valence-corrected chi connectivity index (χ1v) is 14.0. The summed E-state index contributed by atoms with van der Waals surface area (Å²) < 4.78 is 50.4. The molecular formula is C21H21N7O10S2. The third kappa shape index (κ3) is 7.48. The predicted octanol–water partition coefficient (Wildman–Crippen LogP) is 0.980. The highest BCUT2D eigenvalue weighted by molar-refractivity contribution is 7.90. The van der Waals surface area contributed by atoms with Gasteiger partial charge in [-0.15, -0.1) is 0 Å². The molecule has 0 saturated heterocycles. The van der Waals surface area contributed by atoms with E-state index in [-0.39, 0.29) is 18.1 Å². The minimum Gasteiger partial charge on any atom is -0.477 e. The van der Waals surface area contributed by atoms with Crippen LogP contribution in [0.15, 0.2) is 40.7 Å². The first kappa shape index (κ1) is 29.9. The lowest BCUT2D eigenvalue weighted by atomic mass is 10.1. The van der Waals surface area contributed by atoms with E-state index in [9.17, 15) is 37.4 Å². The molecule has 19 heteroatoms. The standard InChI is InChI=1S/C21H21N7O10S2/c1-27(2)15(29)8-11-6-12(17-22-4-5-23-17)9-13(7-11)38-19-16(28(32)33)18(25-21(26-19)40(3,36)37)24-14(20(30)31)10-39(34)35/h4-7,9H,8,10H2,1-3H3,(H,22,23)(H,30,31)(H,34,35). The highest BCUT2D eigenvalue weighted by atomic mass is 32.2. The summed E-state index contributed by atoms with van der Waals surface area (Å²) in [7, 11) is -1.16. The van der Waals surface area contributed by atoms with Gasteiger partial charge in [-0.25, -0.2) is 27.4 Å². The van der Waals surface area contributed by atoms with Crippen LogP contribution in [0.4, 0.5) is 11.5 Å². The number of carboxylic acids is 1. The van der Waals surface area contributed by atoms with E-state index in [2.05, 4.69) is 24.9 Å². The predicted molar refractivity (Wildman–Crippen MR) is 139 cm³/mol. The van der Waals surface area contributed by atoms with Crippen LogP contribution in [0.5, 0.6) is 11.6 Å². The number of hydrogen-bond donors (Lipinski definition) is 3. The van der Waals surface area contributed by atoms with Crippen molar-refractivity contribution in [2.24, 2.45) is 4.99 Å². The number of carboxylic acid groups (broad SMARTS) is 1. The van der Waals surface area contributed by atoms with E-state index in [1.54, 1.807) is 20.2 Å². The van der Waals surface area contributed by atoms with E-state index >= 15 is 0 Å². The van der Waals surface area contributed by atoms with Crippen LogP contribution in [0.3, 0.4) is 0 Å². The quantitative estimate of drug-likeness (QED) is 0.0920. The summed E-state index contributed by atoms with van der Waals surface area (Å²) in [6.07, 6.45) is 3.58. The van der Waals surface area contributed by atoms with Crippen LogP contribution in [0, 0.1) is 10.1 Å². The van der Waals surface area contributed by atoms with Crippen molar-refractivity contribution in [3.8, 4) is 23.0 Å². The minimum atomic E-state index is -4.25. The maximum absolute atomic E-state index is 12.3. The van der Waals surface area contributed by atoms with Crippen molar-refractivity contribution in [2.75, 3.05) is 26.1 Å². The van der Waals surface area contributed by atoms with Crippen molar-refractivity contribution in [2.45, 2.75) is 11.6 Å². The van der Waals surface area contributed by atoms with E-state index in [0.717, 1.165) is 0 Å². The Morgan fingerprint density at radius 1 is 1.25 bits per heavy atom. The molecular weight excluding hydrogens is 574 g/mol. The first-order chi connectivity index (χ1) is 18.6. The number of aromatic amines is 1. The van der Waals surface area contributed by atoms with Crippen molar-refractivity contribution in [1.29, 1.82) is 0 Å². The number of aliphatic carboxylic acids is 1. The Balaban J connectivity index is 2.26. The van der Waals surface area contributed by atoms with Gasteiger partial charge in [0.2, 0.25) is 21.6 Å². The summed E-state index contributed by atoms with van der Waals surface area (Å²) in [4.78, 5) is 53.8. The van der Waals surface area contributed by atoms with Crippen LogP contribution in [0.2, 0.25) is 0 Å². The minimum absolute atomic E-state index is 0.103. The lowest BCUT2D eigenvalue weighted by Crippen LogP contribution is -2.23. The number of likely N-dealkylation sites (N-methyl/N-ethyl adjacent to an activating group) is 1. The van der Waals surface area contributed by atoms with Gasteiger partial charge in [0.05, 0.1) is 17.1 Å². The topological polar surface area (TPSA) is 248 Å². The van der Waals surface area contributed by atoms with Crippen molar-refractivity contribution in [3.05, 3.63) is 46.3 Å². The summed E-state index contributed by atoms with van der Waals surface area (Å²) in [6.45, 7) is 0. The SMILES string of the molecule is CN(C)C(=O)Cc1cc(Oc2nc(S(C)(=O)=O)nc(N=C(CS(=O)O)C(=O)O)c2[N+](=O)[O-])cc(-c2ncc[nH]2)c1. The number of nitrogens with one attached hydrogen (secondary N) is 1. The third-order valence-electron chi connectivity index (χ3n) is 4.88. The Bertz CT molecular complexity index is 1640. The van der Waals surface area contributed by atoms with Crippen molar-refractivity contribution in [1.82, 2.24) is 24.8 Å². The van der Waals surface area contributed by atoms with Gasteiger partial charge in [0.1, 0.15) is 17.3 Å². The van der Waals surface area contributed by atoms with E-state index < -0.39 is 65.8 Å². The third-order valence-corrected chi connectivity index (χ3v) is 6.25. The summed E-state index contributed by atoms with van der Waals surface area (Å²) in [6, 6.07) is 4.36. The second-order valence-electron chi connectivity index (χ2n) is 8.21. The lowest BCUT2D eigenvalue weighted by molar-refractivity contribution is -0.385. The fraction of sp³-hybridized carbons (Fsp3) is 0.238. The monoisotopic (exact) mass is 595 g/mol. The average molecular weight is 596 g/mol. The van der Waals surface area contributed by atoms with Gasteiger partial charge < -0.3 is 24.3 Å². The van der Waals surface area contributed by atoms with E-state index in [1.165, 1.54) is 29.4 Å². The van der Waals surface area contributed by atoms with Gasteiger partial charge in [0.15, 0.2) is 11.1 Å². The molecule has 0 aliphatic rings. The number of benzene rings is 1. The fourth-order valence-electron chi connectivity index (χ4n) is 3.09. The molecule has 0 bridgehead atoms. The normalized spacial score (nSPS) is 12.6. The van der Waals surface area contributed by atoms with Crippen LogP contribution in [0.1, 0.15) is 5.56 Å². The Kier molecular flexibility index (Phi) is 9.02. The number of rotatable bonds is 11. The molecule has 0 saturated carbocycles. The Hall–Kier alpha value is -4.62. The van der Waals surface area contributed by atoms with Gasteiger partial charge in [-0.1, -0.05) is 0 Å². The number of amides is 1. The molecule has 40 heavy (non-hydrogen) atoms. The molecule has 212 valence electrons. The second kappa shape index (κ2) is 12.1. The average Bonchev–Trinajstić information content (AvgIpc) is 3.37. The molecule has 17 nitrogen and oxygen atoms in total. The van der Waals surface area contributed by atoms with Crippen molar-refractivity contribution < 1.29 is 41.5 Å². The van der Waals surface area contributed by atoms with Crippen molar-refractivity contribution in [3.63, 3.8) is 0 Å². The van der Waals surface area contributed by atoms with Crippen LogP contribution in [-0.2, 0) is 36.9 Å². The lowest BCUT2D eigenvalue weighted by Gasteiger charge is -2.13. The summed E-state index contributed by atoms with van der Waals surface area (Å²) in [5.74, 6) is -4.86. The number of ether oxygens (including phenoxy) is 1. The Morgan fingerprint density at radius 3 is 2.48 bits per heavy atom. The molecule has 3 rings (SSSR count). The fourth-order valence-corrected chi connectivity index (χ4v) is 4.01. The Labute approximate surface area is 228 Å². The molecule has 0 aliphatic carbocycles. The second-order valence-corrected chi connectivity index (χ2v) is 11.1. The summed E-state index contributed by atoms with van der Waals surface area (Å²) in [5, 5.41) is 20.3. The number of aromatic nitrogens is 4. The van der Waals surface area contributed by atoms with Gasteiger partial charge >= 0.3 is 17.5 Å². The number of hydrogen-bond acceptors (Lipinski definition) is 12. The number of H-pyrrole nitrogens is 1. The zero-order valence-corrected chi connectivity index (χ0v) is 22.6.